The van der Waals surface area contributed by atoms with Gasteiger partial charge in [-0.05, 0) is 0 Å². The first kappa shape index (κ1) is 9.24. The fourth-order valence-electron chi connectivity index (χ4n) is 0.332. The monoisotopic (exact) mass is 153 g/mol. The lowest BCUT2D eigenvalue weighted by atomic mass is 10.5. The van der Waals surface area contributed by atoms with E-state index in [1.54, 1.807) is 0 Å². The van der Waals surface area contributed by atoms with Gasteiger partial charge in [0.1, 0.15) is 0 Å². The van der Waals surface area contributed by atoms with Crippen LogP contribution >= 0.6 is 0 Å². The Labute approximate surface area is 56.4 Å². The summed E-state index contributed by atoms with van der Waals surface area (Å²) < 4.78 is 36.9. The largest absolute Gasteiger partial charge is 0.522 e. The van der Waals surface area contributed by atoms with E-state index in [0.717, 1.165) is 0 Å². The highest BCUT2D eigenvalue weighted by Crippen LogP contribution is 2.15. The molecule has 2 nitrogen and oxygen atoms in total. The van der Waals surface area contributed by atoms with E-state index in [9.17, 15) is 13.2 Å². The summed E-state index contributed by atoms with van der Waals surface area (Å²) in [5.74, 6) is 0. The highest BCUT2D eigenvalue weighted by Gasteiger charge is 2.28. The topological polar surface area (TPSA) is 13.6 Å². The third kappa shape index (κ3) is 7.24. The van der Waals surface area contributed by atoms with Crippen molar-refractivity contribution in [3.8, 4) is 0 Å². The number of hydrogen-bond acceptors (Lipinski definition) is 1. The van der Waals surface area contributed by atoms with Crippen molar-refractivity contribution in [2.75, 3.05) is 13.2 Å². The smallest absolute Gasteiger partial charge is 0.317 e. The van der Waals surface area contributed by atoms with Gasteiger partial charge in [0, 0.05) is 6.42 Å². The Balaban J connectivity index is 3.14. The van der Waals surface area contributed by atoms with Gasteiger partial charge in [0.2, 0.25) is 6.54 Å². The fourth-order valence-corrected chi connectivity index (χ4v) is 0.332. The second-order valence-electron chi connectivity index (χ2n) is 1.53. The summed E-state index contributed by atoms with van der Waals surface area (Å²) in [6.07, 6.45) is -4.43. The molecule has 0 amide bonds. The van der Waals surface area contributed by atoms with Crippen LogP contribution < -0.4 is 0 Å². The molecule has 0 aliphatic rings. The number of ether oxygens (including phenoxy) is 1. The zero-order valence-electron chi connectivity index (χ0n) is 5.11. The van der Waals surface area contributed by atoms with E-state index in [2.05, 4.69) is 9.58 Å². The molecule has 0 saturated carbocycles. The Bertz CT molecular complexity index is 126. The molecule has 0 unspecified atom stereocenters. The fraction of sp³-hybridized carbons (Fsp3) is 0.800. The molecule has 0 heterocycles. The minimum atomic E-state index is -4.55. The minimum Gasteiger partial charge on any atom is -0.317 e. The van der Waals surface area contributed by atoms with E-state index in [1.807, 2.05) is 0 Å². The summed E-state index contributed by atoms with van der Waals surface area (Å²) >= 11 is 0. The molecule has 0 aliphatic carbocycles. The summed E-state index contributed by atoms with van der Waals surface area (Å²) in [5, 5.41) is 0. The van der Waals surface area contributed by atoms with Crippen molar-refractivity contribution in [3.63, 3.8) is 0 Å². The Kier molecular flexibility index (Phi) is 3.81. The van der Waals surface area contributed by atoms with Crippen LogP contribution in [0.15, 0.2) is 0 Å². The van der Waals surface area contributed by atoms with Gasteiger partial charge < -0.3 is 4.85 Å². The average molecular weight is 153 g/mol. The van der Waals surface area contributed by atoms with E-state index in [-0.39, 0.29) is 13.0 Å². The molecule has 0 spiro atoms. The van der Waals surface area contributed by atoms with Crippen LogP contribution in [0.5, 0.6) is 0 Å². The molecule has 0 saturated heterocycles. The van der Waals surface area contributed by atoms with Gasteiger partial charge in [0.15, 0.2) is 0 Å². The average Bonchev–Trinajstić information content (AvgIpc) is 1.78. The van der Waals surface area contributed by atoms with Crippen molar-refractivity contribution in [1.82, 2.24) is 0 Å². The molecular formula is C5H6F3NO. The zero-order valence-corrected chi connectivity index (χ0v) is 5.11. The van der Waals surface area contributed by atoms with Crippen molar-refractivity contribution in [2.45, 2.75) is 12.8 Å². The van der Waals surface area contributed by atoms with Gasteiger partial charge in [-0.3, -0.25) is 4.74 Å². The van der Waals surface area contributed by atoms with Crippen LogP contribution in [0.2, 0.25) is 0 Å². The normalized spacial score (nSPS) is 11.0. The SMILES string of the molecule is [C-]#[N+]CCCOC(F)(F)F. The van der Waals surface area contributed by atoms with Crippen LogP contribution in [0.1, 0.15) is 6.42 Å². The van der Waals surface area contributed by atoms with Crippen LogP contribution in [0, 0.1) is 6.57 Å². The Morgan fingerprint density at radius 3 is 2.40 bits per heavy atom. The summed E-state index contributed by atoms with van der Waals surface area (Å²) in [6.45, 7) is 5.88. The van der Waals surface area contributed by atoms with Crippen LogP contribution in [0.25, 0.3) is 4.85 Å². The first-order valence-electron chi connectivity index (χ1n) is 2.60. The van der Waals surface area contributed by atoms with Crippen LogP contribution in [0.3, 0.4) is 0 Å². The van der Waals surface area contributed by atoms with Crippen molar-refractivity contribution in [2.24, 2.45) is 0 Å². The molecule has 0 aliphatic heterocycles. The molecular weight excluding hydrogens is 147 g/mol. The van der Waals surface area contributed by atoms with Gasteiger partial charge in [-0.15, -0.1) is 13.2 Å². The lowest BCUT2D eigenvalue weighted by molar-refractivity contribution is -0.324. The Hall–Kier alpha value is -0.760. The summed E-state index contributed by atoms with van der Waals surface area (Å²) in [7, 11) is 0. The molecule has 0 fully saturated rings. The highest BCUT2D eigenvalue weighted by molar-refractivity contribution is 4.56. The minimum absolute atomic E-state index is 0.0794. The van der Waals surface area contributed by atoms with Crippen molar-refractivity contribution in [1.29, 1.82) is 0 Å². The number of hydrogen-bond donors (Lipinski definition) is 0. The van der Waals surface area contributed by atoms with Gasteiger partial charge >= 0.3 is 6.36 Å². The van der Waals surface area contributed by atoms with Gasteiger partial charge in [0.25, 0.3) is 0 Å². The molecule has 0 bridgehead atoms. The molecule has 0 radical (unpaired) electrons. The molecule has 0 aromatic carbocycles. The quantitative estimate of drug-likeness (QED) is 0.445. The maximum atomic E-state index is 11.2. The molecule has 0 rings (SSSR count). The standard InChI is InChI=1S/C5H6F3NO/c1-9-3-2-4-10-5(6,7)8/h2-4H2. The molecule has 0 aromatic rings. The molecule has 5 heteroatoms. The maximum Gasteiger partial charge on any atom is 0.522 e. The van der Waals surface area contributed by atoms with E-state index in [0.29, 0.717) is 0 Å². The zero-order chi connectivity index (χ0) is 8.04. The van der Waals surface area contributed by atoms with Crippen LogP contribution in [0.4, 0.5) is 13.2 Å². The lowest BCUT2D eigenvalue weighted by Crippen LogP contribution is -2.14. The summed E-state index contributed by atoms with van der Waals surface area (Å²) in [5.41, 5.74) is 0. The third-order valence-electron chi connectivity index (χ3n) is 0.680. The van der Waals surface area contributed by atoms with Gasteiger partial charge in [-0.25, -0.2) is 6.57 Å². The second-order valence-corrected chi connectivity index (χ2v) is 1.53. The van der Waals surface area contributed by atoms with Crippen LogP contribution in [-0.2, 0) is 4.74 Å². The Morgan fingerprint density at radius 2 is 2.00 bits per heavy atom. The van der Waals surface area contributed by atoms with Gasteiger partial charge in [0.05, 0.1) is 6.61 Å². The van der Waals surface area contributed by atoms with Crippen molar-refractivity contribution < 1.29 is 17.9 Å². The summed E-state index contributed by atoms with van der Waals surface area (Å²) in [6, 6.07) is 0. The summed E-state index contributed by atoms with van der Waals surface area (Å²) in [4.78, 5) is 2.86. The third-order valence-corrected chi connectivity index (χ3v) is 0.680. The Morgan fingerprint density at radius 1 is 1.40 bits per heavy atom. The first-order chi connectivity index (χ1) is 4.56. The predicted molar refractivity (Wildman–Crippen MR) is 28.1 cm³/mol. The number of alkyl halides is 3. The maximum absolute atomic E-state index is 11.2. The van der Waals surface area contributed by atoms with Gasteiger partial charge in [-0.1, -0.05) is 0 Å². The second kappa shape index (κ2) is 4.12. The van der Waals surface area contributed by atoms with Gasteiger partial charge in [-0.2, -0.15) is 0 Å². The van der Waals surface area contributed by atoms with Crippen molar-refractivity contribution in [3.05, 3.63) is 11.4 Å². The number of rotatable bonds is 3. The van der Waals surface area contributed by atoms with Crippen molar-refractivity contribution >= 4 is 0 Å². The van der Waals surface area contributed by atoms with E-state index in [1.165, 1.54) is 0 Å². The van der Waals surface area contributed by atoms with Crippen LogP contribution in [-0.4, -0.2) is 19.5 Å². The molecule has 0 N–H and O–H groups in total. The molecule has 10 heavy (non-hydrogen) atoms. The van der Waals surface area contributed by atoms with E-state index in [4.69, 9.17) is 6.57 Å². The first-order valence-corrected chi connectivity index (χ1v) is 2.60. The molecule has 0 aromatic heterocycles. The number of halogens is 3. The van der Waals surface area contributed by atoms with E-state index >= 15 is 0 Å². The van der Waals surface area contributed by atoms with E-state index < -0.39 is 13.0 Å². The molecule has 58 valence electrons. The lowest BCUT2D eigenvalue weighted by Gasteiger charge is -2.03. The molecule has 0 atom stereocenters. The highest BCUT2D eigenvalue weighted by atomic mass is 19.4. The number of nitrogens with zero attached hydrogens (tertiary/aromatic N) is 1. The predicted octanol–water partition coefficient (Wildman–Crippen LogP) is 1.83.